The van der Waals surface area contributed by atoms with Crippen molar-refractivity contribution in [3.63, 3.8) is 0 Å². The molecular formula is C13H22N2O3. The van der Waals surface area contributed by atoms with E-state index in [-0.39, 0.29) is 18.0 Å². The molecule has 1 saturated carbocycles. The highest BCUT2D eigenvalue weighted by Crippen LogP contribution is 2.37. The first-order valence-electron chi connectivity index (χ1n) is 6.74. The average Bonchev–Trinajstić information content (AvgIpc) is 2.26. The third-order valence-corrected chi connectivity index (χ3v) is 3.91. The van der Waals surface area contributed by atoms with Crippen LogP contribution < -0.4 is 5.32 Å². The van der Waals surface area contributed by atoms with E-state index in [1.165, 1.54) is 0 Å². The number of carboxylic acid groups (broad SMARTS) is 1. The molecule has 2 fully saturated rings. The van der Waals surface area contributed by atoms with Crippen LogP contribution in [-0.2, 0) is 4.79 Å². The summed E-state index contributed by atoms with van der Waals surface area (Å²) in [6.07, 6.45) is 2.52. The minimum absolute atomic E-state index is 0.00604. The first-order valence-corrected chi connectivity index (χ1v) is 6.74. The van der Waals surface area contributed by atoms with Gasteiger partial charge in [0.05, 0.1) is 5.92 Å². The van der Waals surface area contributed by atoms with Gasteiger partial charge in [0.15, 0.2) is 0 Å². The lowest BCUT2D eigenvalue weighted by Gasteiger charge is -2.43. The number of nitrogens with zero attached hydrogens (tertiary/aromatic N) is 1. The van der Waals surface area contributed by atoms with E-state index in [0.717, 1.165) is 19.3 Å². The predicted molar refractivity (Wildman–Crippen MR) is 67.2 cm³/mol. The minimum Gasteiger partial charge on any atom is -0.481 e. The van der Waals surface area contributed by atoms with Crippen molar-refractivity contribution in [1.82, 2.24) is 10.2 Å². The molecule has 2 N–H and O–H groups in total. The molecule has 1 heterocycles. The number of aliphatic carboxylic acids is 1. The van der Waals surface area contributed by atoms with E-state index in [4.69, 9.17) is 5.11 Å². The van der Waals surface area contributed by atoms with Crippen molar-refractivity contribution < 1.29 is 14.7 Å². The normalized spacial score (nSPS) is 31.3. The van der Waals surface area contributed by atoms with Crippen molar-refractivity contribution >= 4 is 12.0 Å². The summed E-state index contributed by atoms with van der Waals surface area (Å²) in [5.74, 6) is -0.165. The number of hydrogen-bond donors (Lipinski definition) is 2. The molecule has 2 unspecified atom stereocenters. The molecule has 1 aliphatic carbocycles. The first-order chi connectivity index (χ1) is 8.45. The Morgan fingerprint density at radius 2 is 1.72 bits per heavy atom. The zero-order valence-corrected chi connectivity index (χ0v) is 11.1. The second-order valence-electron chi connectivity index (χ2n) is 5.98. The SMILES string of the molecule is CC(C)NC(=O)N1CC2CC(CC(C(=O)O)C2)C1. The Balaban J connectivity index is 1.94. The highest BCUT2D eigenvalue weighted by Gasteiger charge is 2.39. The van der Waals surface area contributed by atoms with Crippen LogP contribution in [0.4, 0.5) is 4.79 Å². The predicted octanol–water partition coefficient (Wildman–Crippen LogP) is 1.54. The van der Waals surface area contributed by atoms with E-state index in [2.05, 4.69) is 5.32 Å². The Kier molecular flexibility index (Phi) is 3.78. The van der Waals surface area contributed by atoms with Gasteiger partial charge in [-0.25, -0.2) is 4.79 Å². The molecule has 1 aliphatic heterocycles. The van der Waals surface area contributed by atoms with Gasteiger partial charge in [0.2, 0.25) is 0 Å². The van der Waals surface area contributed by atoms with Crippen molar-refractivity contribution in [3.8, 4) is 0 Å². The topological polar surface area (TPSA) is 69.6 Å². The number of nitrogens with one attached hydrogen (secondary N) is 1. The Bertz CT molecular complexity index is 329. The van der Waals surface area contributed by atoms with Gasteiger partial charge in [0.1, 0.15) is 0 Å². The Hall–Kier alpha value is -1.26. The molecule has 2 aliphatic rings. The van der Waals surface area contributed by atoms with Crippen LogP contribution >= 0.6 is 0 Å². The number of likely N-dealkylation sites (tertiary alicyclic amines) is 1. The summed E-state index contributed by atoms with van der Waals surface area (Å²) in [6.45, 7) is 5.31. The molecule has 2 rings (SSSR count). The molecule has 0 aromatic carbocycles. The Labute approximate surface area is 108 Å². The van der Waals surface area contributed by atoms with Crippen LogP contribution in [0.2, 0.25) is 0 Å². The molecule has 18 heavy (non-hydrogen) atoms. The fourth-order valence-electron chi connectivity index (χ4n) is 3.27. The smallest absolute Gasteiger partial charge is 0.317 e. The lowest BCUT2D eigenvalue weighted by atomic mass is 9.72. The van der Waals surface area contributed by atoms with Crippen LogP contribution in [0.15, 0.2) is 0 Å². The maximum absolute atomic E-state index is 12.0. The molecule has 2 bridgehead atoms. The summed E-state index contributed by atoms with van der Waals surface area (Å²) in [4.78, 5) is 24.9. The molecule has 5 nitrogen and oxygen atoms in total. The van der Waals surface area contributed by atoms with E-state index in [1.807, 2.05) is 18.7 Å². The van der Waals surface area contributed by atoms with Gasteiger partial charge in [-0.05, 0) is 44.9 Å². The van der Waals surface area contributed by atoms with E-state index in [9.17, 15) is 9.59 Å². The van der Waals surface area contributed by atoms with Crippen LogP contribution in [0.25, 0.3) is 0 Å². The molecule has 0 radical (unpaired) electrons. The monoisotopic (exact) mass is 254 g/mol. The van der Waals surface area contributed by atoms with Gasteiger partial charge in [0.25, 0.3) is 0 Å². The van der Waals surface area contributed by atoms with Gasteiger partial charge in [-0.2, -0.15) is 0 Å². The molecule has 1 saturated heterocycles. The molecule has 2 amide bonds. The van der Waals surface area contributed by atoms with Crippen LogP contribution in [0, 0.1) is 17.8 Å². The standard InChI is InChI=1S/C13H22N2O3/c1-8(2)14-13(18)15-6-9-3-10(7-15)5-11(4-9)12(16)17/h8-11H,3-7H2,1-2H3,(H,14,18)(H,16,17). The average molecular weight is 254 g/mol. The largest absolute Gasteiger partial charge is 0.481 e. The van der Waals surface area contributed by atoms with E-state index < -0.39 is 5.97 Å². The van der Waals surface area contributed by atoms with Gasteiger partial charge < -0.3 is 15.3 Å². The molecule has 0 aromatic heterocycles. The quantitative estimate of drug-likeness (QED) is 0.785. The Morgan fingerprint density at radius 1 is 1.17 bits per heavy atom. The summed E-state index contributed by atoms with van der Waals surface area (Å²) >= 11 is 0. The van der Waals surface area contributed by atoms with Gasteiger partial charge in [-0.1, -0.05) is 0 Å². The van der Waals surface area contributed by atoms with E-state index in [0.29, 0.717) is 24.9 Å². The second kappa shape index (κ2) is 5.16. The van der Waals surface area contributed by atoms with Crippen LogP contribution in [0.3, 0.4) is 0 Å². The third-order valence-electron chi connectivity index (χ3n) is 3.91. The molecule has 0 spiro atoms. The molecule has 102 valence electrons. The zero-order valence-electron chi connectivity index (χ0n) is 11.1. The van der Waals surface area contributed by atoms with Crippen molar-refractivity contribution in [2.45, 2.75) is 39.2 Å². The van der Waals surface area contributed by atoms with Gasteiger partial charge in [0, 0.05) is 19.1 Å². The van der Waals surface area contributed by atoms with Crippen molar-refractivity contribution in [3.05, 3.63) is 0 Å². The number of amides is 2. The van der Waals surface area contributed by atoms with Gasteiger partial charge in [-0.3, -0.25) is 4.79 Å². The fourth-order valence-corrected chi connectivity index (χ4v) is 3.27. The van der Waals surface area contributed by atoms with Gasteiger partial charge in [-0.15, -0.1) is 0 Å². The molecule has 0 aromatic rings. The number of carbonyl (C=O) groups excluding carboxylic acids is 1. The summed E-state index contributed by atoms with van der Waals surface area (Å²) in [7, 11) is 0. The maximum Gasteiger partial charge on any atom is 0.317 e. The maximum atomic E-state index is 12.0. The Morgan fingerprint density at radius 3 is 2.17 bits per heavy atom. The molecule has 2 atom stereocenters. The van der Waals surface area contributed by atoms with Gasteiger partial charge >= 0.3 is 12.0 Å². The van der Waals surface area contributed by atoms with E-state index in [1.54, 1.807) is 0 Å². The fraction of sp³-hybridized carbons (Fsp3) is 0.846. The van der Waals surface area contributed by atoms with Crippen molar-refractivity contribution in [2.75, 3.05) is 13.1 Å². The summed E-state index contributed by atoms with van der Waals surface area (Å²) in [6, 6.07) is 0.138. The summed E-state index contributed by atoms with van der Waals surface area (Å²) in [5.41, 5.74) is 0. The number of piperidine rings is 1. The lowest BCUT2D eigenvalue weighted by Crippen LogP contribution is -2.52. The van der Waals surface area contributed by atoms with E-state index >= 15 is 0 Å². The number of urea groups is 1. The van der Waals surface area contributed by atoms with Crippen LogP contribution in [-0.4, -0.2) is 41.1 Å². The number of fused-ring (bicyclic) bond motifs is 2. The lowest BCUT2D eigenvalue weighted by molar-refractivity contribution is -0.144. The summed E-state index contributed by atoms with van der Waals surface area (Å²) < 4.78 is 0. The van der Waals surface area contributed by atoms with Crippen LogP contribution in [0.1, 0.15) is 33.1 Å². The molecule has 5 heteroatoms. The van der Waals surface area contributed by atoms with Crippen molar-refractivity contribution in [1.29, 1.82) is 0 Å². The highest BCUT2D eigenvalue weighted by molar-refractivity contribution is 5.75. The third kappa shape index (κ3) is 2.94. The zero-order chi connectivity index (χ0) is 13.3. The number of rotatable bonds is 2. The summed E-state index contributed by atoms with van der Waals surface area (Å²) in [5, 5.41) is 12.0. The number of hydrogen-bond acceptors (Lipinski definition) is 2. The van der Waals surface area contributed by atoms with Crippen LogP contribution in [0.5, 0.6) is 0 Å². The number of carboxylic acids is 1. The number of carbonyl (C=O) groups is 2. The first kappa shape index (κ1) is 13.2. The molecular weight excluding hydrogens is 232 g/mol. The van der Waals surface area contributed by atoms with Crippen molar-refractivity contribution in [2.24, 2.45) is 17.8 Å². The highest BCUT2D eigenvalue weighted by atomic mass is 16.4. The second-order valence-corrected chi connectivity index (χ2v) is 5.98. The minimum atomic E-state index is -0.676.